The van der Waals surface area contributed by atoms with Crippen LogP contribution in [0.3, 0.4) is 0 Å². The molecule has 118 valence electrons. The summed E-state index contributed by atoms with van der Waals surface area (Å²) < 4.78 is 0. The Bertz CT molecular complexity index is 768. The topological polar surface area (TPSA) is 77.8 Å². The van der Waals surface area contributed by atoms with E-state index in [2.05, 4.69) is 22.6 Å². The van der Waals surface area contributed by atoms with Crippen LogP contribution in [0.1, 0.15) is 11.1 Å². The molecule has 1 aromatic heterocycles. The second-order valence-electron chi connectivity index (χ2n) is 5.13. The zero-order valence-corrected chi connectivity index (χ0v) is 14.1. The van der Waals surface area contributed by atoms with Gasteiger partial charge in [-0.2, -0.15) is 0 Å². The minimum absolute atomic E-state index is 0.273. The number of anilines is 2. The number of benzene rings is 2. The Hall–Kier alpha value is -2.53. The van der Waals surface area contributed by atoms with Crippen LogP contribution in [0.25, 0.3) is 11.3 Å². The van der Waals surface area contributed by atoms with Crippen molar-refractivity contribution in [2.24, 2.45) is 0 Å². The van der Waals surface area contributed by atoms with E-state index in [-0.39, 0.29) is 11.6 Å². The zero-order valence-electron chi connectivity index (χ0n) is 13.2. The summed E-state index contributed by atoms with van der Waals surface area (Å²) in [6.45, 7) is 4.08. The van der Waals surface area contributed by atoms with E-state index >= 15 is 0 Å². The summed E-state index contributed by atoms with van der Waals surface area (Å²) in [5, 5.41) is 0. The summed E-state index contributed by atoms with van der Waals surface area (Å²) in [6, 6.07) is 15.9. The first-order valence-corrected chi connectivity index (χ1v) is 7.62. The third-order valence-corrected chi connectivity index (χ3v) is 3.62. The predicted octanol–water partition coefficient (Wildman–Crippen LogP) is 3.90. The average Bonchev–Trinajstić information content (AvgIpc) is 2.52. The molecule has 3 rings (SSSR count). The number of nitrogen functional groups attached to an aromatic ring is 2. The number of nitrogens with two attached hydrogens (primary N) is 2. The summed E-state index contributed by atoms with van der Waals surface area (Å²) in [4.78, 5) is 9.30. The third kappa shape index (κ3) is 4.47. The van der Waals surface area contributed by atoms with Crippen LogP contribution in [0.5, 0.6) is 0 Å². The molecule has 0 spiro atoms. The highest BCUT2D eigenvalue weighted by Crippen LogP contribution is 2.26. The number of aromatic nitrogens is 2. The number of aryl methyl sites for hydroxylation is 2. The van der Waals surface area contributed by atoms with Gasteiger partial charge in [-0.25, -0.2) is 9.97 Å². The van der Waals surface area contributed by atoms with Crippen LogP contribution >= 0.6 is 12.6 Å². The van der Waals surface area contributed by atoms with E-state index in [1.807, 2.05) is 62.4 Å². The van der Waals surface area contributed by atoms with Crippen molar-refractivity contribution in [2.45, 2.75) is 18.7 Å². The predicted molar refractivity (Wildman–Crippen MR) is 99.5 cm³/mol. The van der Waals surface area contributed by atoms with Crippen molar-refractivity contribution in [3.8, 4) is 11.3 Å². The Morgan fingerprint density at radius 1 is 0.826 bits per heavy atom. The molecule has 0 bridgehead atoms. The summed E-state index contributed by atoms with van der Waals surface area (Å²) in [6.07, 6.45) is 1.65. The van der Waals surface area contributed by atoms with Crippen molar-refractivity contribution >= 4 is 24.3 Å². The first-order valence-electron chi connectivity index (χ1n) is 7.17. The molecule has 0 fully saturated rings. The molecule has 2 aromatic carbocycles. The van der Waals surface area contributed by atoms with Gasteiger partial charge in [-0.05, 0) is 37.1 Å². The highest BCUT2D eigenvalue weighted by atomic mass is 32.1. The lowest BCUT2D eigenvalue weighted by Gasteiger charge is -2.09. The van der Waals surface area contributed by atoms with Gasteiger partial charge in [-0.1, -0.05) is 36.4 Å². The molecule has 0 amide bonds. The average molecular weight is 324 g/mol. The Labute approximate surface area is 142 Å². The molecule has 3 aromatic rings. The maximum atomic E-state index is 5.66. The first-order chi connectivity index (χ1) is 11.0. The molecule has 0 aliphatic heterocycles. The van der Waals surface area contributed by atoms with Gasteiger partial charge in [0.25, 0.3) is 0 Å². The van der Waals surface area contributed by atoms with Crippen molar-refractivity contribution in [3.63, 3.8) is 0 Å². The van der Waals surface area contributed by atoms with Crippen molar-refractivity contribution < 1.29 is 0 Å². The summed E-state index contributed by atoms with van der Waals surface area (Å²) >= 11 is 4.08. The quantitative estimate of drug-likeness (QED) is 0.593. The summed E-state index contributed by atoms with van der Waals surface area (Å²) in [7, 11) is 0. The van der Waals surface area contributed by atoms with Crippen LogP contribution in [0, 0.1) is 13.8 Å². The molecule has 0 unspecified atom stereocenters. The minimum atomic E-state index is 0.273. The molecule has 0 atom stereocenters. The SMILES string of the molecule is Cc1cccc(C)c1-c1cnc(N)c(N)n1.Sc1ccccc1. The van der Waals surface area contributed by atoms with Crippen LogP contribution in [-0.2, 0) is 0 Å². The van der Waals surface area contributed by atoms with Crippen LogP contribution in [-0.4, -0.2) is 9.97 Å². The lowest BCUT2D eigenvalue weighted by molar-refractivity contribution is 1.21. The zero-order chi connectivity index (χ0) is 16.8. The van der Waals surface area contributed by atoms with Gasteiger partial charge in [0, 0.05) is 10.5 Å². The molecule has 0 aliphatic carbocycles. The number of thiol groups is 1. The number of hydrogen-bond donors (Lipinski definition) is 3. The Morgan fingerprint density at radius 2 is 1.43 bits per heavy atom. The van der Waals surface area contributed by atoms with Gasteiger partial charge in [0.15, 0.2) is 11.6 Å². The van der Waals surface area contributed by atoms with Crippen LogP contribution in [0.4, 0.5) is 11.6 Å². The van der Waals surface area contributed by atoms with Crippen LogP contribution in [0.15, 0.2) is 59.6 Å². The molecule has 5 heteroatoms. The van der Waals surface area contributed by atoms with Gasteiger partial charge in [0.1, 0.15) is 0 Å². The van der Waals surface area contributed by atoms with Gasteiger partial charge < -0.3 is 11.5 Å². The monoisotopic (exact) mass is 324 g/mol. The number of hydrogen-bond acceptors (Lipinski definition) is 5. The molecule has 4 N–H and O–H groups in total. The fourth-order valence-electron chi connectivity index (χ4n) is 2.18. The van der Waals surface area contributed by atoms with Crippen molar-refractivity contribution in [3.05, 3.63) is 65.9 Å². The second-order valence-corrected chi connectivity index (χ2v) is 5.64. The first kappa shape index (κ1) is 16.8. The van der Waals surface area contributed by atoms with Crippen molar-refractivity contribution in [1.82, 2.24) is 9.97 Å². The molecule has 1 heterocycles. The highest BCUT2D eigenvalue weighted by Gasteiger charge is 2.08. The van der Waals surface area contributed by atoms with Crippen molar-refractivity contribution in [2.75, 3.05) is 11.5 Å². The maximum Gasteiger partial charge on any atom is 0.166 e. The molecule has 0 radical (unpaired) electrons. The van der Waals surface area contributed by atoms with E-state index in [4.69, 9.17) is 11.5 Å². The lowest BCUT2D eigenvalue weighted by Crippen LogP contribution is -2.02. The number of nitrogens with zero attached hydrogens (tertiary/aromatic N) is 2. The van der Waals surface area contributed by atoms with E-state index in [1.54, 1.807) is 6.20 Å². The molecule has 0 saturated heterocycles. The van der Waals surface area contributed by atoms with E-state index in [1.165, 1.54) is 0 Å². The minimum Gasteiger partial charge on any atom is -0.381 e. The standard InChI is InChI=1S/C12H14N4.C6H6S/c1-7-4-3-5-8(2)10(7)9-6-15-11(13)12(14)16-9;7-6-4-2-1-3-5-6/h3-6H,1-2H3,(H2,13,15)(H2,14,16);1-5,7H. The van der Waals surface area contributed by atoms with Gasteiger partial charge in [-0.3, -0.25) is 0 Å². The Morgan fingerprint density at radius 3 is 1.91 bits per heavy atom. The van der Waals surface area contributed by atoms with Gasteiger partial charge in [0.05, 0.1) is 11.9 Å². The van der Waals surface area contributed by atoms with Crippen LogP contribution < -0.4 is 11.5 Å². The number of rotatable bonds is 1. The normalized spacial score (nSPS) is 9.87. The second kappa shape index (κ2) is 7.65. The molecular weight excluding hydrogens is 304 g/mol. The fraction of sp³-hybridized carbons (Fsp3) is 0.111. The Balaban J connectivity index is 0.000000229. The summed E-state index contributed by atoms with van der Waals surface area (Å²) in [5.74, 6) is 0.551. The van der Waals surface area contributed by atoms with Gasteiger partial charge in [0.2, 0.25) is 0 Å². The molecular formula is C18H20N4S. The smallest absolute Gasteiger partial charge is 0.166 e. The molecule has 0 aliphatic rings. The lowest BCUT2D eigenvalue weighted by atomic mass is 10.0. The van der Waals surface area contributed by atoms with E-state index in [0.29, 0.717) is 0 Å². The van der Waals surface area contributed by atoms with Gasteiger partial charge >= 0.3 is 0 Å². The molecule has 0 saturated carbocycles. The van der Waals surface area contributed by atoms with Crippen LogP contribution in [0.2, 0.25) is 0 Å². The summed E-state index contributed by atoms with van der Waals surface area (Å²) in [5.41, 5.74) is 15.3. The van der Waals surface area contributed by atoms with Crippen molar-refractivity contribution in [1.29, 1.82) is 0 Å². The van der Waals surface area contributed by atoms with E-state index in [0.717, 1.165) is 27.3 Å². The largest absolute Gasteiger partial charge is 0.381 e. The Kier molecular flexibility index (Phi) is 5.60. The maximum absolute atomic E-state index is 5.66. The highest BCUT2D eigenvalue weighted by molar-refractivity contribution is 7.80. The molecule has 23 heavy (non-hydrogen) atoms. The van der Waals surface area contributed by atoms with E-state index in [9.17, 15) is 0 Å². The van der Waals surface area contributed by atoms with Gasteiger partial charge in [-0.15, -0.1) is 12.6 Å². The third-order valence-electron chi connectivity index (χ3n) is 3.32. The molecule has 4 nitrogen and oxygen atoms in total. The fourth-order valence-corrected chi connectivity index (χ4v) is 2.35. The van der Waals surface area contributed by atoms with E-state index < -0.39 is 0 Å².